The lowest BCUT2D eigenvalue weighted by molar-refractivity contribution is 0.312. The fraction of sp³-hybridized carbons (Fsp3) is 0.357. The molecular formula is C28H32N10. The summed E-state index contributed by atoms with van der Waals surface area (Å²) in [7, 11) is 2.15. The van der Waals surface area contributed by atoms with E-state index in [9.17, 15) is 0 Å². The van der Waals surface area contributed by atoms with Crippen LogP contribution >= 0.6 is 0 Å². The average molecular weight is 509 g/mol. The van der Waals surface area contributed by atoms with Crippen LogP contribution in [-0.2, 0) is 0 Å². The molecule has 3 N–H and O–H groups in total. The number of benzene rings is 1. The molecule has 0 radical (unpaired) electrons. The van der Waals surface area contributed by atoms with E-state index in [1.807, 2.05) is 24.4 Å². The van der Waals surface area contributed by atoms with Gasteiger partial charge in [-0.05, 0) is 43.7 Å². The third-order valence-electron chi connectivity index (χ3n) is 7.97. The first-order valence-corrected chi connectivity index (χ1v) is 13.4. The summed E-state index contributed by atoms with van der Waals surface area (Å²) < 4.78 is 1.64. The average Bonchev–Trinajstić information content (AvgIpc) is 3.34. The van der Waals surface area contributed by atoms with Crippen LogP contribution in [0.1, 0.15) is 24.5 Å². The van der Waals surface area contributed by atoms with Crippen LogP contribution in [0.15, 0.2) is 54.7 Å². The normalized spacial score (nSPS) is 17.6. The van der Waals surface area contributed by atoms with Crippen molar-refractivity contribution < 1.29 is 0 Å². The number of piperazine rings is 1. The molecule has 2 saturated heterocycles. The molecule has 2 bridgehead atoms. The Bertz CT molecular complexity index is 1430. The number of likely N-dealkylation sites (N-methyl/N-ethyl adjacent to an activating group) is 1. The first kappa shape index (κ1) is 23.0. The van der Waals surface area contributed by atoms with Crippen LogP contribution in [0.3, 0.4) is 0 Å². The Morgan fingerprint density at radius 3 is 2.39 bits per heavy atom. The van der Waals surface area contributed by atoms with Crippen LogP contribution in [-0.4, -0.2) is 75.9 Å². The van der Waals surface area contributed by atoms with E-state index in [0.717, 1.165) is 69.3 Å². The van der Waals surface area contributed by atoms with E-state index in [0.29, 0.717) is 23.6 Å². The van der Waals surface area contributed by atoms with Crippen LogP contribution in [0, 0.1) is 0 Å². The highest BCUT2D eigenvalue weighted by molar-refractivity contribution is 5.83. The highest BCUT2D eigenvalue weighted by Crippen LogP contribution is 2.46. The molecular weight excluding hydrogens is 476 g/mol. The van der Waals surface area contributed by atoms with Crippen molar-refractivity contribution in [3.63, 3.8) is 0 Å². The summed E-state index contributed by atoms with van der Waals surface area (Å²) in [4.78, 5) is 21.4. The van der Waals surface area contributed by atoms with Gasteiger partial charge in [-0.15, -0.1) is 5.10 Å². The Morgan fingerprint density at radius 2 is 1.66 bits per heavy atom. The van der Waals surface area contributed by atoms with Gasteiger partial charge in [0.1, 0.15) is 5.82 Å². The minimum atomic E-state index is 0.294. The summed E-state index contributed by atoms with van der Waals surface area (Å²) >= 11 is 0. The molecule has 2 fully saturated rings. The second-order valence-corrected chi connectivity index (χ2v) is 10.4. The summed E-state index contributed by atoms with van der Waals surface area (Å²) in [6.07, 6.45) is 4.09. The molecule has 3 aromatic heterocycles. The number of anilines is 5. The van der Waals surface area contributed by atoms with Crippen molar-refractivity contribution in [1.82, 2.24) is 29.6 Å². The Balaban J connectivity index is 1.19. The summed E-state index contributed by atoms with van der Waals surface area (Å²) in [5.41, 5.74) is 11.9. The molecule has 7 heterocycles. The first-order valence-electron chi connectivity index (χ1n) is 13.4. The first-order chi connectivity index (χ1) is 18.6. The van der Waals surface area contributed by atoms with Crippen molar-refractivity contribution in [2.75, 3.05) is 67.2 Å². The monoisotopic (exact) mass is 508 g/mol. The SMILES string of the molecule is CN1CCN(c2ccc(Nc3nc(N)n(-c4cc(-c5ccccc5)c5c(n4)C4CCN5CC4)n3)cn2)CC1. The number of nitrogen functional groups attached to an aromatic ring is 1. The zero-order chi connectivity index (χ0) is 25.6. The van der Waals surface area contributed by atoms with Crippen LogP contribution < -0.4 is 20.9 Å². The predicted molar refractivity (Wildman–Crippen MR) is 150 cm³/mol. The third kappa shape index (κ3) is 4.10. The van der Waals surface area contributed by atoms with Gasteiger partial charge in [0.05, 0.1) is 23.3 Å². The molecule has 4 aromatic rings. The second kappa shape index (κ2) is 9.29. The maximum absolute atomic E-state index is 6.37. The number of pyridine rings is 2. The largest absolute Gasteiger partial charge is 0.370 e. The van der Waals surface area contributed by atoms with Crippen LogP contribution in [0.25, 0.3) is 16.9 Å². The van der Waals surface area contributed by atoms with Crippen molar-refractivity contribution in [1.29, 1.82) is 0 Å². The van der Waals surface area contributed by atoms with Gasteiger partial charge in [0.15, 0.2) is 5.82 Å². The summed E-state index contributed by atoms with van der Waals surface area (Å²) in [5.74, 6) is 2.85. The van der Waals surface area contributed by atoms with E-state index < -0.39 is 0 Å². The van der Waals surface area contributed by atoms with Gasteiger partial charge in [0, 0.05) is 50.7 Å². The Hall–Kier alpha value is -4.18. The Morgan fingerprint density at radius 1 is 0.868 bits per heavy atom. The zero-order valence-electron chi connectivity index (χ0n) is 21.6. The van der Waals surface area contributed by atoms with Crippen LogP contribution in [0.2, 0.25) is 0 Å². The third-order valence-corrected chi connectivity index (χ3v) is 7.97. The fourth-order valence-electron chi connectivity index (χ4n) is 5.84. The lowest BCUT2D eigenvalue weighted by Gasteiger charge is -2.42. The van der Waals surface area contributed by atoms with Gasteiger partial charge in [-0.25, -0.2) is 9.97 Å². The number of hydrogen-bond donors (Lipinski definition) is 2. The lowest BCUT2D eigenvalue weighted by Crippen LogP contribution is -2.44. The molecule has 0 saturated carbocycles. The van der Waals surface area contributed by atoms with Gasteiger partial charge in [-0.2, -0.15) is 9.67 Å². The van der Waals surface area contributed by atoms with E-state index in [-0.39, 0.29) is 0 Å². The summed E-state index contributed by atoms with van der Waals surface area (Å²) in [6.45, 7) is 6.22. The predicted octanol–water partition coefficient (Wildman–Crippen LogP) is 3.50. The number of nitrogens with one attached hydrogen (secondary N) is 1. The van der Waals surface area contributed by atoms with Crippen molar-refractivity contribution in [2.45, 2.75) is 18.8 Å². The van der Waals surface area contributed by atoms with Crippen molar-refractivity contribution in [3.8, 4) is 16.9 Å². The zero-order valence-corrected chi connectivity index (χ0v) is 21.6. The second-order valence-electron chi connectivity index (χ2n) is 10.4. The fourth-order valence-corrected chi connectivity index (χ4v) is 5.84. The molecule has 0 amide bonds. The highest BCUT2D eigenvalue weighted by Gasteiger charge is 2.35. The molecule has 4 aliphatic rings. The van der Waals surface area contributed by atoms with Gasteiger partial charge in [-0.1, -0.05) is 30.3 Å². The molecule has 4 aliphatic heterocycles. The topological polar surface area (TPSA) is 104 Å². The molecule has 10 heteroatoms. The minimum absolute atomic E-state index is 0.294. The molecule has 194 valence electrons. The molecule has 0 unspecified atom stereocenters. The van der Waals surface area contributed by atoms with E-state index in [1.54, 1.807) is 4.68 Å². The standard InChI is InChI=1S/C28H32N10/c1-35-13-15-36(16-14-35)23-8-7-21(18-30-23)31-28-33-27(29)38(34-28)24-17-22(19-5-3-2-4-6-19)26-25(32-24)20-9-11-37(26)12-10-20/h2-8,17-18,20H,9-16H2,1H3,(H3,29,31,33,34). The molecule has 0 atom stereocenters. The quantitative estimate of drug-likeness (QED) is 0.419. The molecule has 1 aromatic carbocycles. The van der Waals surface area contributed by atoms with Gasteiger partial charge >= 0.3 is 0 Å². The number of aromatic nitrogens is 5. The number of fused-ring (bicyclic) bond motifs is 2. The molecule has 8 rings (SSSR count). The number of rotatable bonds is 5. The molecule has 0 spiro atoms. The van der Waals surface area contributed by atoms with Gasteiger partial charge in [-0.3, -0.25) is 0 Å². The van der Waals surface area contributed by atoms with E-state index >= 15 is 0 Å². The smallest absolute Gasteiger partial charge is 0.248 e. The molecule has 10 nitrogen and oxygen atoms in total. The van der Waals surface area contributed by atoms with Crippen molar-refractivity contribution in [3.05, 3.63) is 60.4 Å². The maximum atomic E-state index is 6.37. The van der Waals surface area contributed by atoms with Crippen molar-refractivity contribution in [2.24, 2.45) is 0 Å². The van der Waals surface area contributed by atoms with Crippen molar-refractivity contribution >= 4 is 29.1 Å². The Kier molecular flexibility index (Phi) is 5.61. The Labute approximate surface area is 222 Å². The molecule has 38 heavy (non-hydrogen) atoms. The number of nitrogens with two attached hydrogens (primary N) is 1. The highest BCUT2D eigenvalue weighted by atomic mass is 15.4. The van der Waals surface area contributed by atoms with Crippen LogP contribution in [0.4, 0.5) is 29.1 Å². The summed E-state index contributed by atoms with van der Waals surface area (Å²) in [6, 6.07) is 16.6. The number of piperidine rings is 1. The lowest BCUT2D eigenvalue weighted by atomic mass is 9.84. The van der Waals surface area contributed by atoms with E-state index in [4.69, 9.17) is 15.8 Å². The van der Waals surface area contributed by atoms with E-state index in [2.05, 4.69) is 67.4 Å². The number of hydrogen-bond acceptors (Lipinski definition) is 9. The maximum Gasteiger partial charge on any atom is 0.248 e. The van der Waals surface area contributed by atoms with Gasteiger partial charge < -0.3 is 25.8 Å². The van der Waals surface area contributed by atoms with Gasteiger partial charge in [0.2, 0.25) is 11.9 Å². The minimum Gasteiger partial charge on any atom is -0.370 e. The summed E-state index contributed by atoms with van der Waals surface area (Å²) in [5, 5.41) is 7.95. The van der Waals surface area contributed by atoms with Crippen LogP contribution in [0.5, 0.6) is 0 Å². The number of nitrogens with zero attached hydrogens (tertiary/aromatic N) is 8. The molecule has 0 aliphatic carbocycles. The van der Waals surface area contributed by atoms with Gasteiger partial charge in [0.25, 0.3) is 0 Å². The van der Waals surface area contributed by atoms with E-state index in [1.165, 1.54) is 16.8 Å².